The van der Waals surface area contributed by atoms with Gasteiger partial charge in [0, 0.05) is 10.9 Å². The van der Waals surface area contributed by atoms with Gasteiger partial charge >= 0.3 is 0 Å². The highest BCUT2D eigenvalue weighted by Crippen LogP contribution is 2.12. The minimum atomic E-state index is 0.561. The minimum absolute atomic E-state index is 0.561. The van der Waals surface area contributed by atoms with Crippen LogP contribution in [0.15, 0.2) is 30.2 Å². The summed E-state index contributed by atoms with van der Waals surface area (Å²) in [6.45, 7) is 7.10. The molecule has 0 aliphatic carbocycles. The molecule has 0 saturated carbocycles. The smallest absolute Gasteiger partial charge is 0.0150 e. The topological polar surface area (TPSA) is 12.0 Å². The number of hydrogen-bond acceptors (Lipinski definition) is 2. The zero-order valence-electron chi connectivity index (χ0n) is 8.83. The Morgan fingerprint density at radius 1 is 1.64 bits per heavy atom. The van der Waals surface area contributed by atoms with Crippen LogP contribution in [0.25, 0.3) is 0 Å². The largest absolute Gasteiger partial charge is 0.313 e. The first-order valence-corrected chi connectivity index (χ1v) is 6.11. The normalized spacial score (nSPS) is 12.6. The second-order valence-corrected chi connectivity index (χ2v) is 4.49. The molecule has 1 rings (SSSR count). The summed E-state index contributed by atoms with van der Waals surface area (Å²) >= 11 is 1.84. The molecule has 2 heteroatoms. The van der Waals surface area contributed by atoms with Gasteiger partial charge in [-0.2, -0.15) is 0 Å². The Balaban J connectivity index is 2.38. The Hall–Kier alpha value is -0.600. The van der Waals surface area contributed by atoms with Crippen LogP contribution < -0.4 is 5.32 Å². The van der Waals surface area contributed by atoms with E-state index in [1.54, 1.807) is 0 Å². The van der Waals surface area contributed by atoms with Gasteiger partial charge in [0.25, 0.3) is 0 Å². The SMILES string of the molecule is C=CCC(Cc1cccs1)NCCC. The van der Waals surface area contributed by atoms with Gasteiger partial charge in [-0.1, -0.05) is 19.1 Å². The van der Waals surface area contributed by atoms with E-state index in [9.17, 15) is 0 Å². The molecular weight excluding hydrogens is 190 g/mol. The molecule has 0 aliphatic rings. The molecule has 1 N–H and O–H groups in total. The molecule has 0 aromatic carbocycles. The van der Waals surface area contributed by atoms with Gasteiger partial charge < -0.3 is 5.32 Å². The Morgan fingerprint density at radius 2 is 2.50 bits per heavy atom. The molecule has 1 unspecified atom stereocenters. The van der Waals surface area contributed by atoms with Crippen LogP contribution in [-0.4, -0.2) is 12.6 Å². The Bertz CT molecular complexity index is 241. The van der Waals surface area contributed by atoms with E-state index in [0.717, 1.165) is 19.4 Å². The number of thiophene rings is 1. The molecule has 1 heterocycles. The zero-order valence-corrected chi connectivity index (χ0v) is 9.65. The van der Waals surface area contributed by atoms with Crippen LogP contribution >= 0.6 is 11.3 Å². The highest BCUT2D eigenvalue weighted by Gasteiger charge is 2.06. The highest BCUT2D eigenvalue weighted by molar-refractivity contribution is 7.09. The van der Waals surface area contributed by atoms with Gasteiger partial charge in [-0.3, -0.25) is 0 Å². The lowest BCUT2D eigenvalue weighted by molar-refractivity contribution is 0.515. The van der Waals surface area contributed by atoms with Crippen molar-refractivity contribution in [1.82, 2.24) is 5.32 Å². The first-order valence-electron chi connectivity index (χ1n) is 5.23. The average molecular weight is 209 g/mol. The zero-order chi connectivity index (χ0) is 10.2. The maximum atomic E-state index is 3.80. The van der Waals surface area contributed by atoms with E-state index in [2.05, 4.69) is 36.3 Å². The van der Waals surface area contributed by atoms with Crippen molar-refractivity contribution in [3.05, 3.63) is 35.0 Å². The third-order valence-corrected chi connectivity index (χ3v) is 3.06. The average Bonchev–Trinajstić information content (AvgIpc) is 2.67. The van der Waals surface area contributed by atoms with Crippen molar-refractivity contribution in [2.75, 3.05) is 6.54 Å². The van der Waals surface area contributed by atoms with Crippen molar-refractivity contribution >= 4 is 11.3 Å². The van der Waals surface area contributed by atoms with Crippen LogP contribution in [0.5, 0.6) is 0 Å². The Labute approximate surface area is 90.9 Å². The van der Waals surface area contributed by atoms with Gasteiger partial charge in [0.05, 0.1) is 0 Å². The predicted molar refractivity (Wildman–Crippen MR) is 64.9 cm³/mol. The molecular formula is C12H19NS. The van der Waals surface area contributed by atoms with Gasteiger partial charge in [0.1, 0.15) is 0 Å². The Morgan fingerprint density at radius 3 is 3.07 bits per heavy atom. The van der Waals surface area contributed by atoms with Crippen molar-refractivity contribution in [2.24, 2.45) is 0 Å². The van der Waals surface area contributed by atoms with E-state index < -0.39 is 0 Å². The highest BCUT2D eigenvalue weighted by atomic mass is 32.1. The molecule has 0 aliphatic heterocycles. The van der Waals surface area contributed by atoms with Crippen LogP contribution in [0.4, 0.5) is 0 Å². The number of rotatable bonds is 7. The van der Waals surface area contributed by atoms with Crippen molar-refractivity contribution < 1.29 is 0 Å². The lowest BCUT2D eigenvalue weighted by Gasteiger charge is -2.15. The quantitative estimate of drug-likeness (QED) is 0.680. The van der Waals surface area contributed by atoms with Gasteiger partial charge in [-0.25, -0.2) is 0 Å². The summed E-state index contributed by atoms with van der Waals surface area (Å²) in [5.41, 5.74) is 0. The first-order chi connectivity index (χ1) is 6.86. The standard InChI is InChI=1S/C12H19NS/c1-3-6-11(13-8-4-2)10-12-7-5-9-14-12/h3,5,7,9,11,13H,1,4,6,8,10H2,2H3. The van der Waals surface area contributed by atoms with Gasteiger partial charge in [-0.05, 0) is 37.3 Å². The van der Waals surface area contributed by atoms with E-state index in [1.165, 1.54) is 11.3 Å². The van der Waals surface area contributed by atoms with Gasteiger partial charge in [0.2, 0.25) is 0 Å². The number of hydrogen-bond donors (Lipinski definition) is 1. The lowest BCUT2D eigenvalue weighted by atomic mass is 10.1. The van der Waals surface area contributed by atoms with E-state index in [1.807, 2.05) is 17.4 Å². The molecule has 1 atom stereocenters. The summed E-state index contributed by atoms with van der Waals surface area (Å²) in [7, 11) is 0. The van der Waals surface area contributed by atoms with Crippen molar-refractivity contribution in [3.63, 3.8) is 0 Å². The molecule has 0 bridgehead atoms. The Kier molecular flexibility index (Phi) is 5.57. The summed E-state index contributed by atoms with van der Waals surface area (Å²) < 4.78 is 0. The molecule has 0 fully saturated rings. The predicted octanol–water partition coefficient (Wildman–Crippen LogP) is 3.23. The van der Waals surface area contributed by atoms with Gasteiger partial charge in [0.15, 0.2) is 0 Å². The molecule has 0 amide bonds. The van der Waals surface area contributed by atoms with E-state index in [0.29, 0.717) is 6.04 Å². The van der Waals surface area contributed by atoms with Crippen molar-refractivity contribution in [3.8, 4) is 0 Å². The van der Waals surface area contributed by atoms with E-state index in [4.69, 9.17) is 0 Å². The fourth-order valence-corrected chi connectivity index (χ4v) is 2.25. The third kappa shape index (κ3) is 4.07. The van der Waals surface area contributed by atoms with Crippen LogP contribution in [0, 0.1) is 0 Å². The first kappa shape index (κ1) is 11.5. The van der Waals surface area contributed by atoms with Crippen molar-refractivity contribution in [2.45, 2.75) is 32.2 Å². The molecule has 0 saturated heterocycles. The minimum Gasteiger partial charge on any atom is -0.313 e. The second kappa shape index (κ2) is 6.80. The van der Waals surface area contributed by atoms with Crippen LogP contribution in [-0.2, 0) is 6.42 Å². The molecule has 0 radical (unpaired) electrons. The molecule has 0 spiro atoms. The van der Waals surface area contributed by atoms with E-state index >= 15 is 0 Å². The molecule has 14 heavy (non-hydrogen) atoms. The maximum Gasteiger partial charge on any atom is 0.0150 e. The fraction of sp³-hybridized carbons (Fsp3) is 0.500. The fourth-order valence-electron chi connectivity index (χ4n) is 1.46. The van der Waals surface area contributed by atoms with Crippen molar-refractivity contribution in [1.29, 1.82) is 0 Å². The number of nitrogens with one attached hydrogen (secondary N) is 1. The van der Waals surface area contributed by atoms with Crippen LogP contribution in [0.2, 0.25) is 0 Å². The molecule has 78 valence electrons. The molecule has 1 aromatic heterocycles. The monoisotopic (exact) mass is 209 g/mol. The summed E-state index contributed by atoms with van der Waals surface area (Å²) in [4.78, 5) is 1.46. The lowest BCUT2D eigenvalue weighted by Crippen LogP contribution is -2.30. The van der Waals surface area contributed by atoms with Crippen LogP contribution in [0.3, 0.4) is 0 Å². The third-order valence-electron chi connectivity index (χ3n) is 2.16. The molecule has 1 nitrogen and oxygen atoms in total. The summed E-state index contributed by atoms with van der Waals surface area (Å²) in [5.74, 6) is 0. The van der Waals surface area contributed by atoms with Crippen LogP contribution in [0.1, 0.15) is 24.6 Å². The second-order valence-electron chi connectivity index (χ2n) is 3.46. The maximum absolute atomic E-state index is 3.80. The van der Waals surface area contributed by atoms with E-state index in [-0.39, 0.29) is 0 Å². The summed E-state index contributed by atoms with van der Waals surface area (Å²) in [6, 6.07) is 4.88. The molecule has 1 aromatic rings. The van der Waals surface area contributed by atoms with Gasteiger partial charge in [-0.15, -0.1) is 17.9 Å². The summed E-state index contributed by atoms with van der Waals surface area (Å²) in [6.07, 6.45) is 5.38. The summed E-state index contributed by atoms with van der Waals surface area (Å²) in [5, 5.41) is 5.68.